The minimum Gasteiger partial charge on any atom is -0.326 e. The third-order valence-electron chi connectivity index (χ3n) is 3.49. The lowest BCUT2D eigenvalue weighted by Crippen LogP contribution is -1.98. The van der Waals surface area contributed by atoms with Crippen LogP contribution in [-0.4, -0.2) is 4.98 Å². The Morgan fingerprint density at radius 2 is 1.55 bits per heavy atom. The molecule has 0 atom stereocenters. The molecular formula is C18H24N2. The number of hydrogen-bond acceptors (Lipinski definition) is 2. The molecule has 2 aromatic rings. The van der Waals surface area contributed by atoms with Crippen LogP contribution in [0.15, 0.2) is 36.5 Å². The van der Waals surface area contributed by atoms with Gasteiger partial charge in [-0.25, -0.2) is 0 Å². The molecular weight excluding hydrogens is 244 g/mol. The molecule has 106 valence electrons. The maximum absolute atomic E-state index is 5.72. The number of nitrogens with zero attached hydrogens (tertiary/aromatic N) is 1. The van der Waals surface area contributed by atoms with E-state index in [0.29, 0.717) is 6.54 Å². The first-order chi connectivity index (χ1) is 9.76. The number of aryl methyl sites for hydroxylation is 2. The number of hydrogen-bond donors (Lipinski definition) is 1. The summed E-state index contributed by atoms with van der Waals surface area (Å²) in [7, 11) is 0. The Kier molecular flexibility index (Phi) is 5.31. The molecule has 0 amide bonds. The molecule has 1 heterocycles. The third-order valence-corrected chi connectivity index (χ3v) is 3.49. The third kappa shape index (κ3) is 3.67. The predicted octanol–water partition coefficient (Wildman–Crippen LogP) is 4.11. The van der Waals surface area contributed by atoms with Gasteiger partial charge in [0.2, 0.25) is 0 Å². The molecule has 2 N–H and O–H groups in total. The van der Waals surface area contributed by atoms with Gasteiger partial charge in [0.15, 0.2) is 0 Å². The first kappa shape index (κ1) is 14.7. The number of benzene rings is 1. The van der Waals surface area contributed by atoms with Crippen molar-refractivity contribution in [3.63, 3.8) is 0 Å². The van der Waals surface area contributed by atoms with Crippen molar-refractivity contribution in [2.45, 2.75) is 46.1 Å². The Bertz CT molecular complexity index is 537. The molecule has 0 aliphatic heterocycles. The lowest BCUT2D eigenvalue weighted by atomic mass is 9.98. The predicted molar refractivity (Wildman–Crippen MR) is 85.6 cm³/mol. The molecule has 0 saturated carbocycles. The van der Waals surface area contributed by atoms with Gasteiger partial charge < -0.3 is 5.73 Å². The molecule has 2 heteroatoms. The van der Waals surface area contributed by atoms with Crippen LogP contribution in [0.3, 0.4) is 0 Å². The van der Waals surface area contributed by atoms with Gasteiger partial charge in [0.05, 0.1) is 5.69 Å². The summed E-state index contributed by atoms with van der Waals surface area (Å²) in [5.41, 5.74) is 11.9. The van der Waals surface area contributed by atoms with E-state index in [1.807, 2.05) is 12.3 Å². The van der Waals surface area contributed by atoms with Gasteiger partial charge in [0.25, 0.3) is 0 Å². The van der Waals surface area contributed by atoms with E-state index >= 15 is 0 Å². The summed E-state index contributed by atoms with van der Waals surface area (Å²) in [5, 5.41) is 0. The molecule has 0 aliphatic carbocycles. The van der Waals surface area contributed by atoms with E-state index in [-0.39, 0.29) is 0 Å². The Morgan fingerprint density at radius 3 is 2.10 bits per heavy atom. The summed E-state index contributed by atoms with van der Waals surface area (Å²) in [4.78, 5) is 4.50. The normalized spacial score (nSPS) is 10.8. The quantitative estimate of drug-likeness (QED) is 0.856. The van der Waals surface area contributed by atoms with Crippen molar-refractivity contribution in [1.29, 1.82) is 0 Å². The van der Waals surface area contributed by atoms with Gasteiger partial charge in [-0.3, -0.25) is 4.98 Å². The second kappa shape index (κ2) is 7.20. The number of rotatable bonds is 6. The Labute approximate surface area is 122 Å². The van der Waals surface area contributed by atoms with Crippen LogP contribution >= 0.6 is 0 Å². The van der Waals surface area contributed by atoms with Crippen molar-refractivity contribution in [2.24, 2.45) is 5.73 Å². The van der Waals surface area contributed by atoms with Gasteiger partial charge >= 0.3 is 0 Å². The molecule has 1 aromatic heterocycles. The maximum Gasteiger partial charge on any atom is 0.0705 e. The molecule has 20 heavy (non-hydrogen) atoms. The highest BCUT2D eigenvalue weighted by Gasteiger charge is 2.05. The molecule has 0 radical (unpaired) electrons. The fraction of sp³-hybridized carbons (Fsp3) is 0.389. The first-order valence-electron chi connectivity index (χ1n) is 7.55. The highest BCUT2D eigenvalue weighted by atomic mass is 14.7. The molecule has 0 saturated heterocycles. The second-order valence-corrected chi connectivity index (χ2v) is 5.29. The standard InChI is InChI=1S/C18H24N2/c1-3-5-14-9-15(6-4-2)11-17(10-14)18-12-16(13-19)7-8-20-18/h7-12H,3-6,13,19H2,1-2H3. The number of nitrogens with two attached hydrogens (primary N) is 1. The highest BCUT2D eigenvalue weighted by molar-refractivity contribution is 5.62. The SMILES string of the molecule is CCCc1cc(CCC)cc(-c2cc(CN)ccn2)c1. The minimum atomic E-state index is 0.561. The monoisotopic (exact) mass is 268 g/mol. The highest BCUT2D eigenvalue weighted by Crippen LogP contribution is 2.23. The largest absolute Gasteiger partial charge is 0.326 e. The average Bonchev–Trinajstić information content (AvgIpc) is 2.48. The van der Waals surface area contributed by atoms with Crippen LogP contribution in [-0.2, 0) is 19.4 Å². The summed E-state index contributed by atoms with van der Waals surface area (Å²) in [6.45, 7) is 5.00. The van der Waals surface area contributed by atoms with E-state index in [9.17, 15) is 0 Å². The van der Waals surface area contributed by atoms with Crippen molar-refractivity contribution in [3.05, 3.63) is 53.2 Å². The molecule has 2 nitrogen and oxygen atoms in total. The molecule has 0 bridgehead atoms. The lowest BCUT2D eigenvalue weighted by molar-refractivity contribution is 0.895. The van der Waals surface area contributed by atoms with Crippen molar-refractivity contribution in [1.82, 2.24) is 4.98 Å². The second-order valence-electron chi connectivity index (χ2n) is 5.29. The van der Waals surface area contributed by atoms with Crippen LogP contribution in [0.4, 0.5) is 0 Å². The fourth-order valence-corrected chi connectivity index (χ4v) is 2.54. The van der Waals surface area contributed by atoms with Gasteiger partial charge in [-0.15, -0.1) is 0 Å². The van der Waals surface area contributed by atoms with Crippen LogP contribution in [0.2, 0.25) is 0 Å². The van der Waals surface area contributed by atoms with E-state index in [1.165, 1.54) is 29.5 Å². The smallest absolute Gasteiger partial charge is 0.0705 e. The van der Waals surface area contributed by atoms with Crippen molar-refractivity contribution >= 4 is 0 Å². The van der Waals surface area contributed by atoms with Gasteiger partial charge in [0, 0.05) is 18.3 Å². The van der Waals surface area contributed by atoms with E-state index in [2.05, 4.69) is 43.1 Å². The zero-order valence-corrected chi connectivity index (χ0v) is 12.5. The maximum atomic E-state index is 5.72. The van der Waals surface area contributed by atoms with Gasteiger partial charge in [-0.1, -0.05) is 32.8 Å². The Hall–Kier alpha value is -1.67. The zero-order chi connectivity index (χ0) is 14.4. The summed E-state index contributed by atoms with van der Waals surface area (Å²) in [5.74, 6) is 0. The van der Waals surface area contributed by atoms with Crippen LogP contribution in [0.1, 0.15) is 43.4 Å². The molecule has 2 rings (SSSR count). The van der Waals surface area contributed by atoms with Gasteiger partial charge in [-0.05, 0) is 53.8 Å². The first-order valence-corrected chi connectivity index (χ1v) is 7.55. The Balaban J connectivity index is 2.42. The van der Waals surface area contributed by atoms with Gasteiger partial charge in [-0.2, -0.15) is 0 Å². The van der Waals surface area contributed by atoms with E-state index in [1.54, 1.807) is 0 Å². The Morgan fingerprint density at radius 1 is 0.900 bits per heavy atom. The van der Waals surface area contributed by atoms with Crippen molar-refractivity contribution in [2.75, 3.05) is 0 Å². The van der Waals surface area contributed by atoms with E-state index in [0.717, 1.165) is 24.1 Å². The van der Waals surface area contributed by atoms with Crippen LogP contribution in [0.25, 0.3) is 11.3 Å². The molecule has 0 aliphatic rings. The van der Waals surface area contributed by atoms with Crippen molar-refractivity contribution in [3.8, 4) is 11.3 Å². The average molecular weight is 268 g/mol. The molecule has 0 unspecified atom stereocenters. The summed E-state index contributed by atoms with van der Waals surface area (Å²) in [6.07, 6.45) is 6.45. The van der Waals surface area contributed by atoms with Crippen LogP contribution < -0.4 is 5.73 Å². The summed E-state index contributed by atoms with van der Waals surface area (Å²) >= 11 is 0. The van der Waals surface area contributed by atoms with Crippen LogP contribution in [0.5, 0.6) is 0 Å². The summed E-state index contributed by atoms with van der Waals surface area (Å²) < 4.78 is 0. The lowest BCUT2D eigenvalue weighted by Gasteiger charge is -2.09. The topological polar surface area (TPSA) is 38.9 Å². The minimum absolute atomic E-state index is 0.561. The van der Waals surface area contributed by atoms with E-state index < -0.39 is 0 Å². The zero-order valence-electron chi connectivity index (χ0n) is 12.5. The molecule has 0 spiro atoms. The number of aromatic nitrogens is 1. The number of pyridine rings is 1. The molecule has 0 fully saturated rings. The fourth-order valence-electron chi connectivity index (χ4n) is 2.54. The van der Waals surface area contributed by atoms with Crippen LogP contribution in [0, 0.1) is 0 Å². The van der Waals surface area contributed by atoms with E-state index in [4.69, 9.17) is 5.73 Å². The van der Waals surface area contributed by atoms with Gasteiger partial charge in [0.1, 0.15) is 0 Å². The van der Waals surface area contributed by atoms with Crippen molar-refractivity contribution < 1.29 is 0 Å². The summed E-state index contributed by atoms with van der Waals surface area (Å²) in [6, 6.07) is 11.0. The molecule has 1 aromatic carbocycles.